The van der Waals surface area contributed by atoms with E-state index in [0.717, 1.165) is 22.4 Å². The van der Waals surface area contributed by atoms with Crippen molar-refractivity contribution in [2.45, 2.75) is 26.8 Å². The van der Waals surface area contributed by atoms with Crippen molar-refractivity contribution in [2.24, 2.45) is 0 Å². The number of benzene rings is 3. The molecule has 1 aromatic heterocycles. The molecule has 5 rings (SSSR count). The molecule has 3 N–H and O–H groups in total. The molecule has 0 spiro atoms. The molecule has 1 aliphatic rings. The van der Waals surface area contributed by atoms with Crippen LogP contribution in [0.5, 0.6) is 5.75 Å². The minimum absolute atomic E-state index is 0.258. The van der Waals surface area contributed by atoms with Crippen molar-refractivity contribution >= 4 is 29.0 Å². The number of nitrogens with one attached hydrogen (secondary N) is 3. The number of aryl methyl sites for hydroxylation is 2. The van der Waals surface area contributed by atoms with Crippen LogP contribution in [0.25, 0.3) is 0 Å². The monoisotopic (exact) mass is 507 g/mol. The third-order valence-corrected chi connectivity index (χ3v) is 6.58. The number of ether oxygens (including phenoxy) is 1. The van der Waals surface area contributed by atoms with E-state index < -0.39 is 6.04 Å². The van der Waals surface area contributed by atoms with E-state index in [9.17, 15) is 9.59 Å². The lowest BCUT2D eigenvalue weighted by Gasteiger charge is -2.30. The summed E-state index contributed by atoms with van der Waals surface area (Å²) in [6.45, 7) is 5.81. The van der Waals surface area contributed by atoms with Crippen LogP contribution in [0.1, 0.15) is 40.0 Å². The number of allylic oxidation sites excluding steroid dienone is 1. The summed E-state index contributed by atoms with van der Waals surface area (Å²) in [4.78, 5) is 27.0. The van der Waals surface area contributed by atoms with Crippen molar-refractivity contribution in [1.82, 2.24) is 9.78 Å². The van der Waals surface area contributed by atoms with Gasteiger partial charge in [0.25, 0.3) is 11.8 Å². The zero-order valence-corrected chi connectivity index (χ0v) is 21.7. The molecule has 2 amide bonds. The maximum Gasteiger partial charge on any atom is 0.261 e. The summed E-state index contributed by atoms with van der Waals surface area (Å²) in [5, 5.41) is 13.8. The highest BCUT2D eigenvalue weighted by Crippen LogP contribution is 2.39. The van der Waals surface area contributed by atoms with Crippen LogP contribution in [-0.4, -0.2) is 28.7 Å². The lowest BCUT2D eigenvalue weighted by atomic mass is 9.94. The first-order valence-electron chi connectivity index (χ1n) is 12.3. The third kappa shape index (κ3) is 4.76. The number of carbonyl (C=O) groups excluding carboxylic acids is 2. The Balaban J connectivity index is 1.56. The van der Waals surface area contributed by atoms with Gasteiger partial charge in [0.2, 0.25) is 0 Å². The van der Waals surface area contributed by atoms with E-state index in [-0.39, 0.29) is 11.8 Å². The van der Waals surface area contributed by atoms with E-state index in [1.165, 1.54) is 6.20 Å². The van der Waals surface area contributed by atoms with Gasteiger partial charge >= 0.3 is 0 Å². The van der Waals surface area contributed by atoms with Crippen molar-refractivity contribution in [1.29, 1.82) is 0 Å². The second kappa shape index (κ2) is 10.3. The quantitative estimate of drug-likeness (QED) is 0.312. The van der Waals surface area contributed by atoms with Gasteiger partial charge in [-0.15, -0.1) is 0 Å². The zero-order valence-electron chi connectivity index (χ0n) is 21.7. The molecule has 8 nitrogen and oxygen atoms in total. The number of nitrogens with zero attached hydrogens (tertiary/aromatic N) is 2. The molecular formula is C30H29N5O3. The minimum Gasteiger partial charge on any atom is -0.497 e. The van der Waals surface area contributed by atoms with Gasteiger partial charge in [0, 0.05) is 17.1 Å². The standard InChI is InChI=1S/C30H29N5O3/c1-18-13-14-25(19(2)15-18)34-30(37)26-20(3)32-28-24(29(36)33-22-10-6-5-7-11-22)17-31-35(28)27(26)21-9-8-12-23(16-21)38-4/h5-17,27,32H,1-4H3,(H,33,36)(H,34,37)/t27-/m1/s1. The second-order valence-electron chi connectivity index (χ2n) is 9.29. The fourth-order valence-electron chi connectivity index (χ4n) is 4.70. The normalized spacial score (nSPS) is 14.4. The Labute approximate surface area is 221 Å². The van der Waals surface area contributed by atoms with Crippen LogP contribution in [0.3, 0.4) is 0 Å². The van der Waals surface area contributed by atoms with Gasteiger partial charge in [0.1, 0.15) is 23.2 Å². The van der Waals surface area contributed by atoms with Gasteiger partial charge < -0.3 is 20.7 Å². The van der Waals surface area contributed by atoms with Crippen LogP contribution < -0.4 is 20.7 Å². The molecule has 0 fully saturated rings. The van der Waals surface area contributed by atoms with Gasteiger partial charge in [-0.05, 0) is 62.2 Å². The second-order valence-corrected chi connectivity index (χ2v) is 9.29. The van der Waals surface area contributed by atoms with Crippen LogP contribution in [0, 0.1) is 13.8 Å². The Morgan fingerprint density at radius 1 is 0.921 bits per heavy atom. The van der Waals surface area contributed by atoms with E-state index in [1.807, 2.05) is 93.6 Å². The van der Waals surface area contributed by atoms with E-state index in [1.54, 1.807) is 11.8 Å². The SMILES string of the molecule is COc1cccc([C@@H]2C(C(=O)Nc3ccc(C)cc3C)=C(C)Nc3c(C(=O)Nc4ccccc4)cnn32)c1. The highest BCUT2D eigenvalue weighted by atomic mass is 16.5. The average molecular weight is 508 g/mol. The van der Waals surface area contributed by atoms with Crippen molar-refractivity contribution < 1.29 is 14.3 Å². The zero-order chi connectivity index (χ0) is 26.8. The summed E-state index contributed by atoms with van der Waals surface area (Å²) >= 11 is 0. The Morgan fingerprint density at radius 2 is 1.71 bits per heavy atom. The Morgan fingerprint density at radius 3 is 2.45 bits per heavy atom. The summed E-state index contributed by atoms with van der Waals surface area (Å²) in [6, 6.07) is 22.1. The van der Waals surface area contributed by atoms with E-state index in [4.69, 9.17) is 4.74 Å². The van der Waals surface area contributed by atoms with Gasteiger partial charge in [0.05, 0.1) is 18.9 Å². The number of rotatable bonds is 6. The minimum atomic E-state index is -0.592. The van der Waals surface area contributed by atoms with E-state index >= 15 is 0 Å². The van der Waals surface area contributed by atoms with Gasteiger partial charge in [-0.2, -0.15) is 5.10 Å². The maximum absolute atomic E-state index is 13.8. The predicted molar refractivity (Wildman–Crippen MR) is 149 cm³/mol. The molecule has 3 aromatic carbocycles. The number of carbonyl (C=O) groups is 2. The van der Waals surface area contributed by atoms with Gasteiger partial charge in [0.15, 0.2) is 0 Å². The fourth-order valence-corrected chi connectivity index (χ4v) is 4.70. The maximum atomic E-state index is 13.8. The molecule has 0 aliphatic carbocycles. The third-order valence-electron chi connectivity index (χ3n) is 6.58. The number of amides is 2. The first-order valence-corrected chi connectivity index (χ1v) is 12.3. The molecule has 2 heterocycles. The molecule has 0 radical (unpaired) electrons. The lowest BCUT2D eigenvalue weighted by Crippen LogP contribution is -2.32. The first-order chi connectivity index (χ1) is 18.4. The van der Waals surface area contributed by atoms with Crippen LogP contribution in [-0.2, 0) is 4.79 Å². The number of hydrogen-bond acceptors (Lipinski definition) is 5. The fraction of sp³-hybridized carbons (Fsp3) is 0.167. The topological polar surface area (TPSA) is 97.3 Å². The van der Waals surface area contributed by atoms with Crippen molar-refractivity contribution in [3.05, 3.63) is 113 Å². The van der Waals surface area contributed by atoms with Crippen LogP contribution in [0.15, 0.2) is 90.3 Å². The summed E-state index contributed by atoms with van der Waals surface area (Å²) in [5.74, 6) is 0.604. The summed E-state index contributed by atoms with van der Waals surface area (Å²) in [7, 11) is 1.60. The summed E-state index contributed by atoms with van der Waals surface area (Å²) < 4.78 is 7.14. The lowest BCUT2D eigenvalue weighted by molar-refractivity contribution is -0.113. The number of hydrogen-bond donors (Lipinski definition) is 3. The van der Waals surface area contributed by atoms with Gasteiger partial charge in [-0.3, -0.25) is 9.59 Å². The molecule has 8 heteroatoms. The van der Waals surface area contributed by atoms with E-state index in [2.05, 4.69) is 21.0 Å². The highest BCUT2D eigenvalue weighted by molar-refractivity contribution is 6.09. The van der Waals surface area contributed by atoms with Crippen molar-refractivity contribution in [3.8, 4) is 5.75 Å². The van der Waals surface area contributed by atoms with Gasteiger partial charge in [-0.1, -0.05) is 48.0 Å². The van der Waals surface area contributed by atoms with Crippen molar-refractivity contribution in [2.75, 3.05) is 23.1 Å². The van der Waals surface area contributed by atoms with Crippen LogP contribution in [0.4, 0.5) is 17.2 Å². The van der Waals surface area contributed by atoms with E-state index in [0.29, 0.717) is 34.1 Å². The number of para-hydroxylation sites is 1. The molecule has 0 saturated carbocycles. The molecular weight excluding hydrogens is 478 g/mol. The highest BCUT2D eigenvalue weighted by Gasteiger charge is 2.35. The smallest absolute Gasteiger partial charge is 0.261 e. The molecule has 192 valence electrons. The molecule has 0 saturated heterocycles. The van der Waals surface area contributed by atoms with Crippen LogP contribution >= 0.6 is 0 Å². The molecule has 0 bridgehead atoms. The number of fused-ring (bicyclic) bond motifs is 1. The van der Waals surface area contributed by atoms with Gasteiger partial charge in [-0.25, -0.2) is 4.68 Å². The summed E-state index contributed by atoms with van der Waals surface area (Å²) in [6.07, 6.45) is 1.52. The van der Waals surface area contributed by atoms with Crippen LogP contribution in [0.2, 0.25) is 0 Å². The molecule has 0 unspecified atom stereocenters. The predicted octanol–water partition coefficient (Wildman–Crippen LogP) is 5.69. The first kappa shape index (κ1) is 24.8. The van der Waals surface area contributed by atoms with Crippen molar-refractivity contribution in [3.63, 3.8) is 0 Å². The number of methoxy groups -OCH3 is 1. The average Bonchev–Trinajstić information content (AvgIpc) is 3.33. The summed E-state index contributed by atoms with van der Waals surface area (Å²) in [5.41, 5.74) is 5.79. The molecule has 4 aromatic rings. The molecule has 1 atom stereocenters. The molecule has 38 heavy (non-hydrogen) atoms. The Kier molecular flexibility index (Phi) is 6.70. The largest absolute Gasteiger partial charge is 0.497 e. The Hall–Kier alpha value is -4.85. The number of aromatic nitrogens is 2. The number of anilines is 3. The molecule has 1 aliphatic heterocycles. The Bertz CT molecular complexity index is 1560.